The first kappa shape index (κ1) is 12.3. The zero-order valence-electron chi connectivity index (χ0n) is 9.73. The van der Waals surface area contributed by atoms with Gasteiger partial charge in [0.15, 0.2) is 0 Å². The summed E-state index contributed by atoms with van der Waals surface area (Å²) in [4.78, 5) is 28.0. The van der Waals surface area contributed by atoms with Gasteiger partial charge in [0.2, 0.25) is 0 Å². The molecule has 1 aromatic heterocycles. The van der Waals surface area contributed by atoms with Crippen LogP contribution in [0, 0.1) is 12.8 Å². The number of rotatable bonds is 3. The summed E-state index contributed by atoms with van der Waals surface area (Å²) in [5, 5.41) is 9.00. The molecule has 5 nitrogen and oxygen atoms in total. The molecule has 0 radical (unpaired) electrons. The number of H-pyrrole nitrogens is 1. The minimum absolute atomic E-state index is 0.0377. The van der Waals surface area contributed by atoms with Gasteiger partial charge in [-0.15, -0.1) is 0 Å². The molecule has 1 aliphatic heterocycles. The van der Waals surface area contributed by atoms with Crippen molar-refractivity contribution in [2.75, 3.05) is 13.1 Å². The Kier molecular flexibility index (Phi) is 3.63. The van der Waals surface area contributed by atoms with Crippen LogP contribution in [-0.2, 0) is 11.3 Å². The summed E-state index contributed by atoms with van der Waals surface area (Å²) in [5.41, 5.74) is 0.900. The number of carbonyl (C=O) groups is 1. The maximum Gasteiger partial charge on any atom is 0.307 e. The number of aryl methyl sites for hydroxylation is 1. The molecule has 1 atom stereocenters. The van der Waals surface area contributed by atoms with Crippen molar-refractivity contribution in [3.8, 4) is 0 Å². The van der Waals surface area contributed by atoms with Crippen LogP contribution in [0.15, 0.2) is 4.79 Å². The molecule has 2 N–H and O–H groups in total. The summed E-state index contributed by atoms with van der Waals surface area (Å²) >= 11 is 1.22. The highest BCUT2D eigenvalue weighted by Gasteiger charge is 2.25. The summed E-state index contributed by atoms with van der Waals surface area (Å²) in [6.07, 6.45) is 1.67. The molecular formula is C11H16N2O3S. The zero-order valence-corrected chi connectivity index (χ0v) is 10.5. The maximum absolute atomic E-state index is 11.2. The Morgan fingerprint density at radius 3 is 3.00 bits per heavy atom. The summed E-state index contributed by atoms with van der Waals surface area (Å²) in [6, 6.07) is 0. The molecule has 94 valence electrons. The van der Waals surface area contributed by atoms with Gasteiger partial charge in [0.05, 0.1) is 5.92 Å². The van der Waals surface area contributed by atoms with E-state index in [0.29, 0.717) is 13.1 Å². The van der Waals surface area contributed by atoms with Crippen LogP contribution in [-0.4, -0.2) is 34.0 Å². The van der Waals surface area contributed by atoms with Crippen molar-refractivity contribution in [1.82, 2.24) is 9.88 Å². The molecule has 0 saturated carbocycles. The van der Waals surface area contributed by atoms with Crippen molar-refractivity contribution in [2.45, 2.75) is 26.3 Å². The number of carboxylic acids is 1. The Bertz CT molecular complexity index is 466. The highest BCUT2D eigenvalue weighted by molar-refractivity contribution is 7.09. The second kappa shape index (κ2) is 5.01. The minimum atomic E-state index is -0.714. The molecule has 2 rings (SSSR count). The molecule has 0 aromatic carbocycles. The number of aromatic nitrogens is 1. The fourth-order valence-corrected chi connectivity index (χ4v) is 3.07. The van der Waals surface area contributed by atoms with Gasteiger partial charge in [-0.3, -0.25) is 14.5 Å². The van der Waals surface area contributed by atoms with E-state index in [2.05, 4.69) is 9.88 Å². The number of aliphatic carboxylic acids is 1. The van der Waals surface area contributed by atoms with Gasteiger partial charge < -0.3 is 10.1 Å². The van der Waals surface area contributed by atoms with E-state index in [1.54, 1.807) is 0 Å². The molecule has 0 aliphatic carbocycles. The Morgan fingerprint density at radius 1 is 1.65 bits per heavy atom. The third-order valence-corrected chi connectivity index (χ3v) is 4.11. The Morgan fingerprint density at radius 2 is 2.41 bits per heavy atom. The third kappa shape index (κ3) is 2.95. The number of hydrogen-bond donors (Lipinski definition) is 2. The van der Waals surface area contributed by atoms with Crippen molar-refractivity contribution in [3.05, 3.63) is 20.2 Å². The minimum Gasteiger partial charge on any atom is -0.481 e. The number of carboxylic acid groups (broad SMARTS) is 1. The van der Waals surface area contributed by atoms with E-state index in [1.807, 2.05) is 6.92 Å². The lowest BCUT2D eigenvalue weighted by Crippen LogP contribution is -2.38. The second-order valence-corrected chi connectivity index (χ2v) is 5.54. The summed E-state index contributed by atoms with van der Waals surface area (Å²) in [7, 11) is 0. The van der Waals surface area contributed by atoms with Crippen LogP contribution in [0.1, 0.15) is 23.4 Å². The number of hydrogen-bond acceptors (Lipinski definition) is 4. The predicted octanol–water partition coefficient (Wildman–Crippen LogP) is 1.04. The highest BCUT2D eigenvalue weighted by atomic mass is 32.1. The van der Waals surface area contributed by atoms with E-state index < -0.39 is 5.97 Å². The first-order valence-corrected chi connectivity index (χ1v) is 6.51. The molecule has 1 fully saturated rings. The number of nitrogens with zero attached hydrogens (tertiary/aromatic N) is 1. The Labute approximate surface area is 103 Å². The van der Waals surface area contributed by atoms with Gasteiger partial charge in [-0.25, -0.2) is 0 Å². The van der Waals surface area contributed by atoms with Gasteiger partial charge in [0.1, 0.15) is 0 Å². The van der Waals surface area contributed by atoms with Gasteiger partial charge in [-0.1, -0.05) is 11.3 Å². The summed E-state index contributed by atoms with van der Waals surface area (Å²) in [5.74, 6) is -0.978. The molecule has 17 heavy (non-hydrogen) atoms. The SMILES string of the molecule is Cc1[nH]c(=O)sc1CN1CCCC(C(=O)O)C1. The lowest BCUT2D eigenvalue weighted by atomic mass is 9.98. The number of aromatic amines is 1. The molecule has 0 spiro atoms. The van der Waals surface area contributed by atoms with E-state index in [9.17, 15) is 9.59 Å². The van der Waals surface area contributed by atoms with Gasteiger partial charge >= 0.3 is 10.8 Å². The molecule has 1 aliphatic rings. The molecule has 0 amide bonds. The summed E-state index contributed by atoms with van der Waals surface area (Å²) in [6.45, 7) is 4.06. The van der Waals surface area contributed by atoms with E-state index in [-0.39, 0.29) is 10.8 Å². The molecule has 1 saturated heterocycles. The van der Waals surface area contributed by atoms with Crippen LogP contribution >= 0.6 is 11.3 Å². The Hall–Kier alpha value is -1.14. The topological polar surface area (TPSA) is 73.4 Å². The zero-order chi connectivity index (χ0) is 12.4. The molecule has 0 bridgehead atoms. The van der Waals surface area contributed by atoms with Crippen LogP contribution in [0.5, 0.6) is 0 Å². The predicted molar refractivity (Wildman–Crippen MR) is 65.3 cm³/mol. The van der Waals surface area contributed by atoms with Gasteiger partial charge in [0.25, 0.3) is 0 Å². The van der Waals surface area contributed by atoms with Crippen LogP contribution in [0.2, 0.25) is 0 Å². The number of likely N-dealkylation sites (tertiary alicyclic amines) is 1. The highest BCUT2D eigenvalue weighted by Crippen LogP contribution is 2.20. The van der Waals surface area contributed by atoms with Gasteiger partial charge in [-0.05, 0) is 26.3 Å². The average Bonchev–Trinajstić information content (AvgIpc) is 2.58. The monoisotopic (exact) mass is 256 g/mol. The number of nitrogens with one attached hydrogen (secondary N) is 1. The second-order valence-electron chi connectivity index (χ2n) is 4.48. The summed E-state index contributed by atoms with van der Waals surface area (Å²) < 4.78 is 0. The molecule has 1 unspecified atom stereocenters. The van der Waals surface area contributed by atoms with Crippen molar-refractivity contribution in [2.24, 2.45) is 5.92 Å². The van der Waals surface area contributed by atoms with Gasteiger partial charge in [0, 0.05) is 23.7 Å². The van der Waals surface area contributed by atoms with E-state index >= 15 is 0 Å². The van der Waals surface area contributed by atoms with Crippen LogP contribution in [0.25, 0.3) is 0 Å². The molecular weight excluding hydrogens is 240 g/mol. The fourth-order valence-electron chi connectivity index (χ4n) is 2.19. The van der Waals surface area contributed by atoms with Crippen LogP contribution in [0.4, 0.5) is 0 Å². The fraction of sp³-hybridized carbons (Fsp3) is 0.636. The Balaban J connectivity index is 2.01. The molecule has 1 aromatic rings. The largest absolute Gasteiger partial charge is 0.481 e. The van der Waals surface area contributed by atoms with Crippen LogP contribution < -0.4 is 4.87 Å². The quantitative estimate of drug-likeness (QED) is 0.847. The van der Waals surface area contributed by atoms with E-state index in [4.69, 9.17) is 5.11 Å². The van der Waals surface area contributed by atoms with Crippen molar-refractivity contribution in [3.63, 3.8) is 0 Å². The van der Waals surface area contributed by atoms with Gasteiger partial charge in [-0.2, -0.15) is 0 Å². The van der Waals surface area contributed by atoms with Crippen molar-refractivity contribution in [1.29, 1.82) is 0 Å². The average molecular weight is 256 g/mol. The van der Waals surface area contributed by atoms with Crippen molar-refractivity contribution >= 4 is 17.3 Å². The number of piperidine rings is 1. The number of thiazole rings is 1. The van der Waals surface area contributed by atoms with Crippen LogP contribution in [0.3, 0.4) is 0 Å². The molecule has 2 heterocycles. The van der Waals surface area contributed by atoms with E-state index in [0.717, 1.165) is 30.0 Å². The smallest absolute Gasteiger partial charge is 0.307 e. The van der Waals surface area contributed by atoms with E-state index in [1.165, 1.54) is 11.3 Å². The maximum atomic E-state index is 11.2. The lowest BCUT2D eigenvalue weighted by molar-refractivity contribution is -0.143. The van der Waals surface area contributed by atoms with Crippen molar-refractivity contribution < 1.29 is 9.90 Å². The standard InChI is InChI=1S/C11H16N2O3S/c1-7-9(17-11(16)12-7)6-13-4-2-3-8(5-13)10(14)15/h8H,2-6H2,1H3,(H,12,16)(H,14,15). The lowest BCUT2D eigenvalue weighted by Gasteiger charge is -2.30. The first-order valence-electron chi connectivity index (χ1n) is 5.70. The molecule has 6 heteroatoms. The third-order valence-electron chi connectivity index (χ3n) is 3.15. The first-order chi connectivity index (χ1) is 8.06. The normalized spacial score (nSPS) is 21.6.